The van der Waals surface area contributed by atoms with Gasteiger partial charge in [0, 0.05) is 6.42 Å². The van der Waals surface area contributed by atoms with E-state index < -0.39 is 12.1 Å². The largest absolute Gasteiger partial charge is 0.508 e. The van der Waals surface area contributed by atoms with E-state index in [1.165, 1.54) is 4.90 Å². The molecule has 28 heavy (non-hydrogen) atoms. The van der Waals surface area contributed by atoms with Gasteiger partial charge in [-0.2, -0.15) is 0 Å². The average Bonchev–Trinajstić information content (AvgIpc) is 3.02. The zero-order valence-corrected chi connectivity index (χ0v) is 16.8. The van der Waals surface area contributed by atoms with Gasteiger partial charge >= 0.3 is 6.09 Å². The third kappa shape index (κ3) is 3.88. The fraction of sp³-hybridized carbons (Fsp3) is 0.391. The minimum absolute atomic E-state index is 0.0575. The highest BCUT2D eigenvalue weighted by molar-refractivity contribution is 5.94. The molecule has 5 heteroatoms. The Kier molecular flexibility index (Phi) is 5.73. The molecule has 0 saturated carbocycles. The number of hydrogen-bond donors (Lipinski definition) is 1. The molecule has 0 bridgehead atoms. The molecule has 1 fully saturated rings. The number of aromatic hydroxyl groups is 1. The summed E-state index contributed by atoms with van der Waals surface area (Å²) >= 11 is 0. The van der Waals surface area contributed by atoms with Crippen molar-refractivity contribution in [3.8, 4) is 5.75 Å². The number of rotatable bonds is 5. The number of amides is 2. The summed E-state index contributed by atoms with van der Waals surface area (Å²) in [6.07, 6.45) is -0.372. The molecule has 1 saturated heterocycles. The van der Waals surface area contributed by atoms with Crippen LogP contribution < -0.4 is 0 Å². The predicted octanol–water partition coefficient (Wildman–Crippen LogP) is 4.86. The van der Waals surface area contributed by atoms with Gasteiger partial charge in [-0.15, -0.1) is 0 Å². The first-order chi connectivity index (χ1) is 13.3. The van der Waals surface area contributed by atoms with Crippen molar-refractivity contribution in [3.05, 3.63) is 64.7 Å². The maximum absolute atomic E-state index is 13.2. The Morgan fingerprint density at radius 3 is 2.36 bits per heavy atom. The number of cyclic esters (lactones) is 1. The van der Waals surface area contributed by atoms with Crippen molar-refractivity contribution >= 4 is 12.0 Å². The predicted molar refractivity (Wildman–Crippen MR) is 107 cm³/mol. The van der Waals surface area contributed by atoms with Crippen LogP contribution in [0.15, 0.2) is 42.5 Å². The van der Waals surface area contributed by atoms with Crippen LogP contribution in [0.25, 0.3) is 0 Å². The van der Waals surface area contributed by atoms with Gasteiger partial charge in [0.1, 0.15) is 18.4 Å². The first-order valence-corrected chi connectivity index (χ1v) is 9.63. The van der Waals surface area contributed by atoms with E-state index >= 15 is 0 Å². The van der Waals surface area contributed by atoms with Gasteiger partial charge in [-0.05, 0) is 60.1 Å². The van der Waals surface area contributed by atoms with Crippen molar-refractivity contribution in [1.29, 1.82) is 0 Å². The SMILES string of the molecule is Cc1cc(O)cc(C)c1[C@H](CC(=O)N1C(=O)OC[C@@H]1c1ccccc1)C(C)C. The van der Waals surface area contributed by atoms with Gasteiger partial charge in [0.15, 0.2) is 0 Å². The molecule has 0 spiro atoms. The molecule has 0 aliphatic carbocycles. The minimum atomic E-state index is -0.583. The number of benzene rings is 2. The number of ether oxygens (including phenoxy) is 1. The van der Waals surface area contributed by atoms with Crippen LogP contribution in [0.4, 0.5) is 4.79 Å². The van der Waals surface area contributed by atoms with Crippen LogP contribution >= 0.6 is 0 Å². The topological polar surface area (TPSA) is 66.8 Å². The van der Waals surface area contributed by atoms with Crippen LogP contribution in [-0.4, -0.2) is 28.6 Å². The maximum Gasteiger partial charge on any atom is 0.417 e. The van der Waals surface area contributed by atoms with Gasteiger partial charge in [-0.3, -0.25) is 4.79 Å². The number of carbonyl (C=O) groups excluding carboxylic acids is 2. The lowest BCUT2D eigenvalue weighted by molar-refractivity contribution is -0.130. The second-order valence-electron chi connectivity index (χ2n) is 7.82. The van der Waals surface area contributed by atoms with E-state index in [9.17, 15) is 14.7 Å². The van der Waals surface area contributed by atoms with E-state index in [2.05, 4.69) is 13.8 Å². The monoisotopic (exact) mass is 381 g/mol. The normalized spacial score (nSPS) is 17.7. The Morgan fingerprint density at radius 1 is 1.18 bits per heavy atom. The molecule has 2 aromatic carbocycles. The van der Waals surface area contributed by atoms with Gasteiger partial charge in [-0.1, -0.05) is 44.2 Å². The molecule has 2 aromatic rings. The van der Waals surface area contributed by atoms with Crippen molar-refractivity contribution in [2.45, 2.75) is 46.1 Å². The third-order valence-corrected chi connectivity index (χ3v) is 5.47. The summed E-state index contributed by atoms with van der Waals surface area (Å²) in [7, 11) is 0. The summed E-state index contributed by atoms with van der Waals surface area (Å²) in [5.41, 5.74) is 3.85. The molecule has 148 valence electrons. The smallest absolute Gasteiger partial charge is 0.417 e. The van der Waals surface area contributed by atoms with E-state index in [0.717, 1.165) is 22.3 Å². The molecular weight excluding hydrogens is 354 g/mol. The molecule has 0 radical (unpaired) electrons. The Hall–Kier alpha value is -2.82. The Morgan fingerprint density at radius 2 is 1.79 bits per heavy atom. The highest BCUT2D eigenvalue weighted by atomic mass is 16.6. The van der Waals surface area contributed by atoms with Crippen molar-refractivity contribution in [2.24, 2.45) is 5.92 Å². The lowest BCUT2D eigenvalue weighted by atomic mass is 9.80. The fourth-order valence-corrected chi connectivity index (χ4v) is 4.11. The first kappa shape index (κ1) is 19.9. The maximum atomic E-state index is 13.2. The standard InChI is InChI=1S/C23H27NO4/c1-14(2)19(22-15(3)10-18(25)11-16(22)4)12-21(26)24-20(13-28-23(24)27)17-8-6-5-7-9-17/h5-11,14,19-20,25H,12-13H2,1-4H3/t19-,20-/m1/s1. The number of aryl methyl sites for hydroxylation is 2. The molecule has 2 atom stereocenters. The number of phenols is 1. The number of imide groups is 1. The molecule has 5 nitrogen and oxygen atoms in total. The molecule has 2 amide bonds. The van der Waals surface area contributed by atoms with Crippen molar-refractivity contribution < 1.29 is 19.4 Å². The van der Waals surface area contributed by atoms with Crippen molar-refractivity contribution in [2.75, 3.05) is 6.61 Å². The number of hydrogen-bond acceptors (Lipinski definition) is 4. The summed E-state index contributed by atoms with van der Waals surface area (Å²) in [5, 5.41) is 9.85. The van der Waals surface area contributed by atoms with E-state index in [0.29, 0.717) is 0 Å². The van der Waals surface area contributed by atoms with Gasteiger partial charge in [0.05, 0.1) is 0 Å². The molecule has 1 aliphatic heterocycles. The number of carbonyl (C=O) groups is 2. The molecule has 1 heterocycles. The summed E-state index contributed by atoms with van der Waals surface area (Å²) in [6, 6.07) is 12.5. The second kappa shape index (κ2) is 8.05. The Labute approximate surface area is 165 Å². The van der Waals surface area contributed by atoms with Crippen LogP contribution in [0, 0.1) is 19.8 Å². The van der Waals surface area contributed by atoms with Gasteiger partial charge in [-0.25, -0.2) is 9.69 Å². The molecule has 1 N–H and O–H groups in total. The summed E-state index contributed by atoms with van der Waals surface area (Å²) < 4.78 is 5.20. The lowest BCUT2D eigenvalue weighted by Crippen LogP contribution is -2.35. The Balaban J connectivity index is 1.89. The van der Waals surface area contributed by atoms with E-state index in [1.54, 1.807) is 12.1 Å². The highest BCUT2D eigenvalue weighted by Crippen LogP contribution is 2.37. The van der Waals surface area contributed by atoms with Crippen molar-refractivity contribution in [3.63, 3.8) is 0 Å². The Bertz CT molecular complexity index is 852. The van der Waals surface area contributed by atoms with E-state index in [1.807, 2.05) is 44.2 Å². The van der Waals surface area contributed by atoms with Gasteiger partial charge in [0.2, 0.25) is 5.91 Å². The quantitative estimate of drug-likeness (QED) is 0.803. The van der Waals surface area contributed by atoms with E-state index in [-0.39, 0.29) is 36.5 Å². The lowest BCUT2D eigenvalue weighted by Gasteiger charge is -2.27. The highest BCUT2D eigenvalue weighted by Gasteiger charge is 2.40. The molecule has 0 aromatic heterocycles. The third-order valence-electron chi connectivity index (χ3n) is 5.47. The fourth-order valence-electron chi connectivity index (χ4n) is 4.11. The summed E-state index contributed by atoms with van der Waals surface area (Å²) in [4.78, 5) is 26.8. The van der Waals surface area contributed by atoms with Crippen LogP contribution in [0.5, 0.6) is 5.75 Å². The number of phenolic OH excluding ortho intramolecular Hbond substituents is 1. The average molecular weight is 381 g/mol. The van der Waals surface area contributed by atoms with Crippen LogP contribution in [0.1, 0.15) is 54.5 Å². The summed E-state index contributed by atoms with van der Waals surface area (Å²) in [5.74, 6) is 0.124. The molecule has 0 unspecified atom stereocenters. The van der Waals surface area contributed by atoms with Crippen LogP contribution in [0.2, 0.25) is 0 Å². The molecular formula is C23H27NO4. The summed E-state index contributed by atoms with van der Waals surface area (Å²) in [6.45, 7) is 8.21. The zero-order chi connectivity index (χ0) is 20.4. The van der Waals surface area contributed by atoms with Crippen molar-refractivity contribution in [1.82, 2.24) is 4.90 Å². The second-order valence-corrected chi connectivity index (χ2v) is 7.82. The minimum Gasteiger partial charge on any atom is -0.508 e. The number of nitrogens with zero attached hydrogens (tertiary/aromatic N) is 1. The van der Waals surface area contributed by atoms with Gasteiger partial charge in [0.25, 0.3) is 0 Å². The van der Waals surface area contributed by atoms with E-state index in [4.69, 9.17) is 4.74 Å². The molecule has 3 rings (SSSR count). The van der Waals surface area contributed by atoms with Crippen LogP contribution in [-0.2, 0) is 9.53 Å². The van der Waals surface area contributed by atoms with Crippen LogP contribution in [0.3, 0.4) is 0 Å². The van der Waals surface area contributed by atoms with Gasteiger partial charge < -0.3 is 9.84 Å². The first-order valence-electron chi connectivity index (χ1n) is 9.63. The zero-order valence-electron chi connectivity index (χ0n) is 16.8. The molecule has 1 aliphatic rings.